The van der Waals surface area contributed by atoms with Gasteiger partial charge in [-0.25, -0.2) is 24.6 Å². The average Bonchev–Trinajstić information content (AvgIpc) is 3.29. The smallest absolute Gasteiger partial charge is 0.232 e. The fourth-order valence-corrected chi connectivity index (χ4v) is 4.05. The molecule has 0 saturated carbocycles. The maximum absolute atomic E-state index is 12.5. The summed E-state index contributed by atoms with van der Waals surface area (Å²) < 4.78 is 2.65. The number of thiazole rings is 1. The number of anilines is 2. The summed E-state index contributed by atoms with van der Waals surface area (Å²) in [5.41, 5.74) is 2.08. The van der Waals surface area contributed by atoms with Gasteiger partial charge < -0.3 is 10.2 Å². The number of nitrogens with one attached hydrogen (secondary N) is 1. The maximum atomic E-state index is 12.5. The van der Waals surface area contributed by atoms with Gasteiger partial charge in [0.05, 0.1) is 16.1 Å². The molecule has 0 atom stereocenters. The molecule has 140 valence electrons. The molecule has 10 heteroatoms. The van der Waals surface area contributed by atoms with Crippen LogP contribution in [0.1, 0.15) is 5.56 Å². The normalized spacial score (nSPS) is 14.2. The Morgan fingerprint density at radius 2 is 2.04 bits per heavy atom. The zero-order valence-corrected chi connectivity index (χ0v) is 15.8. The molecule has 1 aliphatic rings. The fourth-order valence-electron chi connectivity index (χ4n) is 3.09. The van der Waals surface area contributed by atoms with Crippen LogP contribution < -0.4 is 10.2 Å². The third-order valence-corrected chi connectivity index (χ3v) is 5.58. The summed E-state index contributed by atoms with van der Waals surface area (Å²) in [6, 6.07) is 7.91. The van der Waals surface area contributed by atoms with Crippen molar-refractivity contribution in [2.75, 3.05) is 23.3 Å². The van der Waals surface area contributed by atoms with Gasteiger partial charge in [-0.15, -0.1) is 0 Å². The van der Waals surface area contributed by atoms with Crippen LogP contribution in [0, 0.1) is 12.8 Å². The third-order valence-electron chi connectivity index (χ3n) is 4.64. The second-order valence-electron chi connectivity index (χ2n) is 6.66. The van der Waals surface area contributed by atoms with Crippen LogP contribution in [0.15, 0.2) is 43.2 Å². The van der Waals surface area contributed by atoms with Gasteiger partial charge >= 0.3 is 0 Å². The molecule has 1 saturated heterocycles. The van der Waals surface area contributed by atoms with Crippen molar-refractivity contribution in [1.82, 2.24) is 29.7 Å². The van der Waals surface area contributed by atoms with Crippen molar-refractivity contribution in [2.45, 2.75) is 6.92 Å². The van der Waals surface area contributed by atoms with Crippen molar-refractivity contribution >= 4 is 38.4 Å². The molecule has 28 heavy (non-hydrogen) atoms. The van der Waals surface area contributed by atoms with Gasteiger partial charge in [-0.2, -0.15) is 5.10 Å². The largest absolute Gasteiger partial charge is 0.355 e. The van der Waals surface area contributed by atoms with Crippen molar-refractivity contribution in [3.8, 4) is 5.82 Å². The Labute approximate surface area is 164 Å². The van der Waals surface area contributed by atoms with E-state index >= 15 is 0 Å². The predicted molar refractivity (Wildman–Crippen MR) is 106 cm³/mol. The number of hydrogen-bond acceptors (Lipinski definition) is 8. The standard InChI is InChI=1S/C18H16N8OS/c1-11-2-3-13-14(4-11)28-18(23-13)24-17(27)12-6-25(7-12)15-5-16(21-9-20-15)26-10-19-8-22-26/h2-5,8-10,12H,6-7H2,1H3,(H,23,24,27). The lowest BCUT2D eigenvalue weighted by Gasteiger charge is -2.38. The number of amides is 1. The predicted octanol–water partition coefficient (Wildman–Crippen LogP) is 2.05. The summed E-state index contributed by atoms with van der Waals surface area (Å²) >= 11 is 1.50. The summed E-state index contributed by atoms with van der Waals surface area (Å²) in [7, 11) is 0. The van der Waals surface area contributed by atoms with Gasteiger partial charge in [-0.05, 0) is 24.6 Å². The van der Waals surface area contributed by atoms with Crippen LogP contribution in [0.5, 0.6) is 0 Å². The van der Waals surface area contributed by atoms with Crippen molar-refractivity contribution in [1.29, 1.82) is 0 Å². The molecule has 4 heterocycles. The van der Waals surface area contributed by atoms with E-state index in [1.807, 2.05) is 30.0 Å². The lowest BCUT2D eigenvalue weighted by molar-refractivity contribution is -0.120. The van der Waals surface area contributed by atoms with Crippen LogP contribution in [-0.2, 0) is 4.79 Å². The zero-order chi connectivity index (χ0) is 19.1. The van der Waals surface area contributed by atoms with Gasteiger partial charge in [0.25, 0.3) is 0 Å². The lowest BCUT2D eigenvalue weighted by Crippen LogP contribution is -2.52. The minimum atomic E-state index is -0.0986. The first-order valence-corrected chi connectivity index (χ1v) is 9.57. The molecule has 1 aromatic carbocycles. The molecule has 0 radical (unpaired) electrons. The van der Waals surface area contributed by atoms with Gasteiger partial charge in [-0.1, -0.05) is 17.4 Å². The number of fused-ring (bicyclic) bond motifs is 1. The van der Waals surface area contributed by atoms with Crippen molar-refractivity contribution in [3.05, 3.63) is 48.8 Å². The number of carbonyl (C=O) groups is 1. The highest BCUT2D eigenvalue weighted by atomic mass is 32.1. The lowest BCUT2D eigenvalue weighted by atomic mass is 9.99. The number of aryl methyl sites for hydroxylation is 1. The molecular formula is C18H16N8OS. The molecule has 1 fully saturated rings. The highest BCUT2D eigenvalue weighted by Crippen LogP contribution is 2.29. The monoisotopic (exact) mass is 392 g/mol. The minimum Gasteiger partial charge on any atom is -0.355 e. The topological polar surface area (TPSA) is 102 Å². The number of hydrogen-bond donors (Lipinski definition) is 1. The number of nitrogens with zero attached hydrogens (tertiary/aromatic N) is 7. The first-order valence-electron chi connectivity index (χ1n) is 8.76. The van der Waals surface area contributed by atoms with E-state index in [1.165, 1.54) is 29.6 Å². The van der Waals surface area contributed by atoms with E-state index in [0.717, 1.165) is 16.0 Å². The highest BCUT2D eigenvalue weighted by molar-refractivity contribution is 7.22. The molecule has 0 aliphatic carbocycles. The van der Waals surface area contributed by atoms with E-state index < -0.39 is 0 Å². The molecule has 0 bridgehead atoms. The number of aromatic nitrogens is 6. The van der Waals surface area contributed by atoms with Gasteiger partial charge in [0.15, 0.2) is 10.9 Å². The van der Waals surface area contributed by atoms with E-state index in [-0.39, 0.29) is 11.8 Å². The molecule has 9 nitrogen and oxygen atoms in total. The van der Waals surface area contributed by atoms with Crippen molar-refractivity contribution in [2.24, 2.45) is 5.92 Å². The number of benzene rings is 1. The fraction of sp³-hybridized carbons (Fsp3) is 0.222. The Balaban J connectivity index is 1.24. The van der Waals surface area contributed by atoms with Crippen LogP contribution in [-0.4, -0.2) is 48.7 Å². The highest BCUT2D eigenvalue weighted by Gasteiger charge is 2.34. The van der Waals surface area contributed by atoms with Gasteiger partial charge in [-0.3, -0.25) is 4.79 Å². The second-order valence-corrected chi connectivity index (χ2v) is 7.69. The van der Waals surface area contributed by atoms with Gasteiger partial charge in [0, 0.05) is 19.2 Å². The second kappa shape index (κ2) is 6.64. The Hall–Kier alpha value is -3.40. The van der Waals surface area contributed by atoms with Gasteiger partial charge in [0.1, 0.15) is 24.8 Å². The average molecular weight is 392 g/mol. The summed E-state index contributed by atoms with van der Waals surface area (Å²) in [5.74, 6) is 1.29. The quantitative estimate of drug-likeness (QED) is 0.567. The molecule has 0 unspecified atom stereocenters. The Kier molecular flexibility index (Phi) is 3.97. The number of carbonyl (C=O) groups excluding carboxylic acids is 1. The molecule has 1 aliphatic heterocycles. The molecule has 0 spiro atoms. The first-order chi connectivity index (χ1) is 13.7. The SMILES string of the molecule is Cc1ccc2nc(NC(=O)C3CN(c4cc(-n5cncn5)ncn4)C3)sc2c1. The molecule has 1 N–H and O–H groups in total. The van der Waals surface area contributed by atoms with E-state index in [9.17, 15) is 4.79 Å². The summed E-state index contributed by atoms with van der Waals surface area (Å²) in [4.78, 5) is 31.5. The van der Waals surface area contributed by atoms with Crippen LogP contribution in [0.25, 0.3) is 16.0 Å². The van der Waals surface area contributed by atoms with E-state index in [4.69, 9.17) is 0 Å². The van der Waals surface area contributed by atoms with Gasteiger partial charge in [0.2, 0.25) is 5.91 Å². The van der Waals surface area contributed by atoms with Crippen LogP contribution in [0.2, 0.25) is 0 Å². The molecule has 3 aromatic heterocycles. The van der Waals surface area contributed by atoms with E-state index in [2.05, 4.69) is 36.4 Å². The molecule has 1 amide bonds. The Morgan fingerprint density at radius 1 is 1.18 bits per heavy atom. The molecular weight excluding hydrogens is 376 g/mol. The van der Waals surface area contributed by atoms with E-state index in [1.54, 1.807) is 11.0 Å². The molecule has 4 aromatic rings. The summed E-state index contributed by atoms with van der Waals surface area (Å²) in [6.07, 6.45) is 4.52. The maximum Gasteiger partial charge on any atom is 0.232 e. The minimum absolute atomic E-state index is 0.0161. The van der Waals surface area contributed by atoms with Crippen molar-refractivity contribution in [3.63, 3.8) is 0 Å². The first kappa shape index (κ1) is 16.8. The summed E-state index contributed by atoms with van der Waals surface area (Å²) in [6.45, 7) is 3.25. The number of rotatable bonds is 4. The Morgan fingerprint density at radius 3 is 2.86 bits per heavy atom. The van der Waals surface area contributed by atoms with Crippen LogP contribution in [0.4, 0.5) is 10.9 Å². The van der Waals surface area contributed by atoms with Crippen molar-refractivity contribution < 1.29 is 4.79 Å². The van der Waals surface area contributed by atoms with Crippen LogP contribution >= 0.6 is 11.3 Å². The van der Waals surface area contributed by atoms with E-state index in [0.29, 0.717) is 24.0 Å². The zero-order valence-electron chi connectivity index (χ0n) is 15.0. The summed E-state index contributed by atoms with van der Waals surface area (Å²) in [5, 5.41) is 7.65. The van der Waals surface area contributed by atoms with Crippen LogP contribution in [0.3, 0.4) is 0 Å². The third kappa shape index (κ3) is 3.07. The Bertz CT molecular complexity index is 1150. The molecule has 5 rings (SSSR count).